The minimum Gasteiger partial charge on any atom is -0.480 e. The van der Waals surface area contributed by atoms with Crippen molar-refractivity contribution in [3.63, 3.8) is 0 Å². The third-order valence-electron chi connectivity index (χ3n) is 6.59. The number of fused-ring (bicyclic) bond motifs is 4. The molecule has 0 fully saturated rings. The summed E-state index contributed by atoms with van der Waals surface area (Å²) in [7, 11) is 0. The SMILES string of the molecule is O=C(O)Cn1c2c(c3cc(F)ccc31)CC(NC(=O)CCc1cccc3ccccc13)CC2. The Morgan fingerprint density at radius 1 is 1.06 bits per heavy atom. The fraction of sp³-hybridized carbons (Fsp3) is 0.259. The van der Waals surface area contributed by atoms with Crippen LogP contribution in [-0.2, 0) is 35.4 Å². The van der Waals surface area contributed by atoms with Crippen LogP contribution in [0.15, 0.2) is 60.7 Å². The van der Waals surface area contributed by atoms with Gasteiger partial charge < -0.3 is 15.0 Å². The first-order valence-corrected chi connectivity index (χ1v) is 11.3. The van der Waals surface area contributed by atoms with Crippen molar-refractivity contribution in [2.24, 2.45) is 0 Å². The lowest BCUT2D eigenvalue weighted by Gasteiger charge is -2.25. The minimum absolute atomic E-state index is 0.00293. The number of hydrogen-bond donors (Lipinski definition) is 2. The van der Waals surface area contributed by atoms with Gasteiger partial charge in [-0.1, -0.05) is 42.5 Å². The van der Waals surface area contributed by atoms with Crippen LogP contribution in [0.4, 0.5) is 4.39 Å². The van der Waals surface area contributed by atoms with E-state index in [1.807, 2.05) is 18.2 Å². The topological polar surface area (TPSA) is 71.3 Å². The summed E-state index contributed by atoms with van der Waals surface area (Å²) in [6, 6.07) is 18.7. The highest BCUT2D eigenvalue weighted by molar-refractivity contribution is 5.88. The zero-order valence-electron chi connectivity index (χ0n) is 18.2. The van der Waals surface area contributed by atoms with Gasteiger partial charge in [0, 0.05) is 29.1 Å². The number of carboxylic acids is 1. The van der Waals surface area contributed by atoms with E-state index in [4.69, 9.17) is 0 Å². The summed E-state index contributed by atoms with van der Waals surface area (Å²) in [5, 5.41) is 15.6. The molecule has 1 heterocycles. The Bertz CT molecular complexity index is 1370. The smallest absolute Gasteiger partial charge is 0.323 e. The van der Waals surface area contributed by atoms with Crippen molar-refractivity contribution in [3.05, 3.63) is 83.3 Å². The average molecular weight is 445 g/mol. The summed E-state index contributed by atoms with van der Waals surface area (Å²) in [6.45, 7) is -0.153. The molecule has 1 aliphatic rings. The van der Waals surface area contributed by atoms with Gasteiger partial charge in [-0.05, 0) is 65.8 Å². The van der Waals surface area contributed by atoms with Crippen LogP contribution in [0.2, 0.25) is 0 Å². The monoisotopic (exact) mass is 444 g/mol. The zero-order valence-corrected chi connectivity index (χ0v) is 18.2. The van der Waals surface area contributed by atoms with Crippen LogP contribution in [0.5, 0.6) is 0 Å². The Balaban J connectivity index is 1.31. The summed E-state index contributed by atoms with van der Waals surface area (Å²) in [4.78, 5) is 24.1. The number of aliphatic carboxylic acids is 1. The van der Waals surface area contributed by atoms with E-state index >= 15 is 0 Å². The molecule has 0 saturated carbocycles. The van der Waals surface area contributed by atoms with Gasteiger partial charge in [-0.2, -0.15) is 0 Å². The number of benzene rings is 3. The predicted octanol–water partition coefficient (Wildman–Crippen LogP) is 4.62. The molecule has 0 bridgehead atoms. The number of amides is 1. The first-order valence-electron chi connectivity index (χ1n) is 11.3. The highest BCUT2D eigenvalue weighted by Crippen LogP contribution is 2.33. The maximum atomic E-state index is 14.0. The van der Waals surface area contributed by atoms with Crippen LogP contribution in [0.1, 0.15) is 29.7 Å². The number of nitrogens with one attached hydrogen (secondary N) is 1. The second kappa shape index (κ2) is 8.70. The van der Waals surface area contributed by atoms with Crippen LogP contribution in [0.3, 0.4) is 0 Å². The molecule has 0 radical (unpaired) electrons. The largest absolute Gasteiger partial charge is 0.480 e. The molecule has 0 aliphatic heterocycles. The molecule has 4 aromatic rings. The molecule has 6 heteroatoms. The molecule has 168 valence electrons. The van der Waals surface area contributed by atoms with Gasteiger partial charge in [-0.25, -0.2) is 4.39 Å². The van der Waals surface area contributed by atoms with Gasteiger partial charge in [0.25, 0.3) is 0 Å². The fourth-order valence-corrected chi connectivity index (χ4v) is 5.12. The molecule has 1 atom stereocenters. The summed E-state index contributed by atoms with van der Waals surface area (Å²) >= 11 is 0. The number of halogens is 1. The fourth-order valence-electron chi connectivity index (χ4n) is 5.12. The van der Waals surface area contributed by atoms with Crippen molar-refractivity contribution in [3.8, 4) is 0 Å². The van der Waals surface area contributed by atoms with Gasteiger partial charge in [0.2, 0.25) is 5.91 Å². The van der Waals surface area contributed by atoms with Crippen molar-refractivity contribution in [1.82, 2.24) is 9.88 Å². The molecule has 0 spiro atoms. The van der Waals surface area contributed by atoms with Crippen LogP contribution in [0.25, 0.3) is 21.7 Å². The number of carbonyl (C=O) groups is 2. The van der Waals surface area contributed by atoms with E-state index in [1.165, 1.54) is 22.9 Å². The highest BCUT2D eigenvalue weighted by Gasteiger charge is 2.27. The first kappa shape index (κ1) is 21.2. The Morgan fingerprint density at radius 2 is 1.88 bits per heavy atom. The lowest BCUT2D eigenvalue weighted by Crippen LogP contribution is -2.39. The van der Waals surface area contributed by atoms with E-state index in [0.29, 0.717) is 25.7 Å². The number of nitrogens with zero attached hydrogens (tertiary/aromatic N) is 1. The molecule has 5 nitrogen and oxygen atoms in total. The number of aromatic nitrogens is 1. The van der Waals surface area contributed by atoms with Gasteiger partial charge in [-0.3, -0.25) is 9.59 Å². The summed E-state index contributed by atoms with van der Waals surface area (Å²) < 4.78 is 15.7. The lowest BCUT2D eigenvalue weighted by molar-refractivity contribution is -0.137. The number of carbonyl (C=O) groups excluding carboxylic acids is 1. The predicted molar refractivity (Wildman–Crippen MR) is 126 cm³/mol. The Morgan fingerprint density at radius 3 is 2.73 bits per heavy atom. The van der Waals surface area contributed by atoms with E-state index in [2.05, 4.69) is 29.6 Å². The molecular weight excluding hydrogens is 419 g/mol. The summed E-state index contributed by atoms with van der Waals surface area (Å²) in [6.07, 6.45) is 3.00. The molecule has 1 aromatic heterocycles. The van der Waals surface area contributed by atoms with E-state index in [9.17, 15) is 19.1 Å². The van der Waals surface area contributed by atoms with Gasteiger partial charge in [0.05, 0.1) is 0 Å². The quantitative estimate of drug-likeness (QED) is 0.456. The maximum absolute atomic E-state index is 14.0. The molecule has 1 amide bonds. The number of aryl methyl sites for hydroxylation is 1. The standard InChI is InChI=1S/C27H25FN2O3/c28-19-9-11-24-22(14-19)23-15-20(10-12-25(23)30(24)16-27(32)33)29-26(31)13-8-18-6-3-5-17-4-1-2-7-21(17)18/h1-7,9,11,14,20H,8,10,12-13,15-16H2,(H,29,31)(H,32,33). The number of hydrogen-bond acceptors (Lipinski definition) is 2. The van der Waals surface area contributed by atoms with Crippen molar-refractivity contribution < 1.29 is 19.1 Å². The van der Waals surface area contributed by atoms with Crippen LogP contribution in [0, 0.1) is 5.82 Å². The van der Waals surface area contributed by atoms with Gasteiger partial charge in [-0.15, -0.1) is 0 Å². The number of carboxylic acid groups (broad SMARTS) is 1. The Kier molecular flexibility index (Phi) is 5.58. The Hall–Kier alpha value is -3.67. The third kappa shape index (κ3) is 4.21. The van der Waals surface area contributed by atoms with E-state index in [-0.39, 0.29) is 24.3 Å². The Labute approximate surface area is 190 Å². The molecule has 33 heavy (non-hydrogen) atoms. The summed E-state index contributed by atoms with van der Waals surface area (Å²) in [5.74, 6) is -1.28. The van der Waals surface area contributed by atoms with Crippen LogP contribution < -0.4 is 5.32 Å². The van der Waals surface area contributed by atoms with Gasteiger partial charge >= 0.3 is 5.97 Å². The normalized spacial score (nSPS) is 15.5. The minimum atomic E-state index is -0.928. The van der Waals surface area contributed by atoms with Crippen LogP contribution >= 0.6 is 0 Å². The van der Waals surface area contributed by atoms with E-state index in [1.54, 1.807) is 10.6 Å². The molecular formula is C27H25FN2O3. The average Bonchev–Trinajstić information content (AvgIpc) is 3.09. The lowest BCUT2D eigenvalue weighted by atomic mass is 9.91. The molecule has 2 N–H and O–H groups in total. The zero-order chi connectivity index (χ0) is 22.9. The van der Waals surface area contributed by atoms with Crippen molar-refractivity contribution in [2.45, 2.75) is 44.7 Å². The highest BCUT2D eigenvalue weighted by atomic mass is 19.1. The molecule has 0 saturated heterocycles. The van der Waals surface area contributed by atoms with Gasteiger partial charge in [0.15, 0.2) is 0 Å². The second-order valence-electron chi connectivity index (χ2n) is 8.71. The molecule has 3 aromatic carbocycles. The molecule has 1 unspecified atom stereocenters. The van der Waals surface area contributed by atoms with Gasteiger partial charge in [0.1, 0.15) is 12.4 Å². The summed E-state index contributed by atoms with van der Waals surface area (Å²) in [5.41, 5.74) is 3.75. The van der Waals surface area contributed by atoms with E-state index < -0.39 is 5.97 Å². The van der Waals surface area contributed by atoms with Crippen molar-refractivity contribution >= 4 is 33.6 Å². The van der Waals surface area contributed by atoms with E-state index in [0.717, 1.165) is 34.1 Å². The number of rotatable bonds is 6. The van der Waals surface area contributed by atoms with Crippen LogP contribution in [-0.4, -0.2) is 27.6 Å². The first-order chi connectivity index (χ1) is 16.0. The molecule has 5 rings (SSSR count). The maximum Gasteiger partial charge on any atom is 0.323 e. The van der Waals surface area contributed by atoms with Crippen molar-refractivity contribution in [1.29, 1.82) is 0 Å². The third-order valence-corrected chi connectivity index (χ3v) is 6.59. The second-order valence-corrected chi connectivity index (χ2v) is 8.71. The molecule has 1 aliphatic carbocycles. The van der Waals surface area contributed by atoms with Crippen molar-refractivity contribution in [2.75, 3.05) is 0 Å².